The number of rotatable bonds is 4. The molecule has 2 aromatic heterocycles. The van der Waals surface area contributed by atoms with Crippen LogP contribution in [0.25, 0.3) is 21.8 Å². The fraction of sp³-hybridized carbons (Fsp3) is 0.467. The molecule has 0 aromatic carbocycles. The first-order chi connectivity index (χ1) is 11.9. The lowest BCUT2D eigenvalue weighted by Crippen LogP contribution is -2.35. The number of hydrogen-bond donors (Lipinski definition) is 1. The molecule has 0 aliphatic carbocycles. The van der Waals surface area contributed by atoms with Gasteiger partial charge in [-0.2, -0.15) is 0 Å². The third-order valence-corrected chi connectivity index (χ3v) is 4.54. The van der Waals surface area contributed by atoms with Gasteiger partial charge in [-0.3, -0.25) is 14.3 Å². The highest BCUT2D eigenvalue weighted by atomic mass is 19.1. The zero-order valence-corrected chi connectivity index (χ0v) is 13.5. The molecular weight excluding hydrogens is 333 g/mol. The van der Waals surface area contributed by atoms with E-state index in [0.717, 1.165) is 4.57 Å². The molecule has 3 rings (SSSR count). The number of azide groups is 1. The first-order valence-corrected chi connectivity index (χ1v) is 7.71. The Morgan fingerprint density at radius 2 is 2.28 bits per heavy atom. The maximum atomic E-state index is 14.8. The van der Waals surface area contributed by atoms with Gasteiger partial charge in [0.05, 0.1) is 11.8 Å². The largest absolute Gasteiger partial charge is 0.464 e. The fourth-order valence-electron chi connectivity index (χ4n) is 3.04. The summed E-state index contributed by atoms with van der Waals surface area (Å²) in [6.45, 7) is 3.25. The Morgan fingerprint density at radius 3 is 2.88 bits per heavy atom. The van der Waals surface area contributed by atoms with E-state index in [9.17, 15) is 14.0 Å². The molecule has 1 aliphatic rings. The number of halogens is 1. The second-order valence-electron chi connectivity index (χ2n) is 5.82. The number of aromatic nitrogens is 2. The molecule has 0 radical (unpaired) electrons. The Morgan fingerprint density at radius 1 is 1.52 bits per heavy atom. The van der Waals surface area contributed by atoms with Crippen molar-refractivity contribution in [2.24, 2.45) is 11.0 Å². The minimum Gasteiger partial charge on any atom is -0.464 e. The van der Waals surface area contributed by atoms with E-state index < -0.39 is 35.3 Å². The summed E-state index contributed by atoms with van der Waals surface area (Å²) in [6, 6.07) is 3.13. The van der Waals surface area contributed by atoms with Gasteiger partial charge >= 0.3 is 5.69 Å². The number of nitrogens with zero attached hydrogens (tertiary/aromatic N) is 4. The Labute approximate surface area is 140 Å². The second-order valence-corrected chi connectivity index (χ2v) is 5.82. The first kappa shape index (κ1) is 17.0. The molecule has 10 heteroatoms. The smallest absolute Gasteiger partial charge is 0.330 e. The van der Waals surface area contributed by atoms with Crippen LogP contribution in [0.5, 0.6) is 0 Å². The zero-order chi connectivity index (χ0) is 18.2. The van der Waals surface area contributed by atoms with Gasteiger partial charge in [-0.05, 0) is 24.1 Å². The number of alkyl halides is 1. The lowest BCUT2D eigenvalue weighted by molar-refractivity contribution is -0.0877. The third-order valence-electron chi connectivity index (χ3n) is 4.54. The van der Waals surface area contributed by atoms with Crippen molar-refractivity contribution >= 4 is 0 Å². The van der Waals surface area contributed by atoms with E-state index in [1.807, 2.05) is 0 Å². The number of furan rings is 1. The van der Waals surface area contributed by atoms with E-state index >= 15 is 0 Å². The van der Waals surface area contributed by atoms with Crippen LogP contribution < -0.4 is 11.2 Å². The number of nitrogens with one attached hydrogen (secondary N) is 1. The Kier molecular flexibility index (Phi) is 4.23. The highest BCUT2D eigenvalue weighted by Gasteiger charge is 2.53. The molecule has 0 bridgehead atoms. The Hall–Kier alpha value is -2.84. The van der Waals surface area contributed by atoms with Crippen molar-refractivity contribution in [2.45, 2.75) is 38.4 Å². The zero-order valence-electron chi connectivity index (χ0n) is 13.5. The molecule has 4 atom stereocenters. The average Bonchev–Trinajstić information content (AvgIpc) is 3.19. The molecule has 1 fully saturated rings. The van der Waals surface area contributed by atoms with Crippen molar-refractivity contribution in [1.82, 2.24) is 9.55 Å². The summed E-state index contributed by atoms with van der Waals surface area (Å²) in [5.74, 6) is -0.544. The van der Waals surface area contributed by atoms with Gasteiger partial charge in [-0.25, -0.2) is 9.18 Å². The third kappa shape index (κ3) is 2.65. The number of H-pyrrole nitrogens is 1. The summed E-state index contributed by atoms with van der Waals surface area (Å²) in [5, 5.41) is 3.61. The topological polar surface area (TPSA) is 126 Å². The number of aromatic amines is 1. The summed E-state index contributed by atoms with van der Waals surface area (Å²) in [6.07, 6.45) is -0.151. The van der Waals surface area contributed by atoms with E-state index in [1.54, 1.807) is 26.0 Å². The van der Waals surface area contributed by atoms with E-state index in [2.05, 4.69) is 15.0 Å². The van der Waals surface area contributed by atoms with Gasteiger partial charge in [-0.1, -0.05) is 19.0 Å². The summed E-state index contributed by atoms with van der Waals surface area (Å²) in [4.78, 5) is 29.1. The van der Waals surface area contributed by atoms with Gasteiger partial charge in [0.25, 0.3) is 5.56 Å². The molecule has 132 valence electrons. The van der Waals surface area contributed by atoms with Crippen LogP contribution in [0.2, 0.25) is 0 Å². The minimum atomic E-state index is -1.61. The SMILES string of the molecule is CC[C@@]1(N=[N+]=[N-])O[C@@H](n2cc(-c3ccco3)c(=O)[nH]c2=O)[C@@H](F)[C@@H]1C. The Bertz CT molecular complexity index is 930. The van der Waals surface area contributed by atoms with E-state index in [4.69, 9.17) is 14.7 Å². The molecule has 0 amide bonds. The maximum Gasteiger partial charge on any atom is 0.330 e. The molecular formula is C15H16FN5O4. The molecule has 1 saturated heterocycles. The molecule has 9 nitrogen and oxygen atoms in total. The van der Waals surface area contributed by atoms with Crippen LogP contribution in [-0.4, -0.2) is 21.4 Å². The molecule has 0 unspecified atom stereocenters. The standard InChI is InChI=1S/C15H16FN5O4/c1-3-15(19-20-17)8(2)11(16)13(25-15)21-7-9(10-5-4-6-24-10)12(22)18-14(21)23/h4-8,11,13H,3H2,1-2H3,(H,18,22,23)/t8-,11-,13+,15+/m0/s1. The monoisotopic (exact) mass is 349 g/mol. The summed E-state index contributed by atoms with van der Waals surface area (Å²) in [5.41, 5.74) is 5.95. The summed E-state index contributed by atoms with van der Waals surface area (Å²) >= 11 is 0. The van der Waals surface area contributed by atoms with E-state index in [0.29, 0.717) is 0 Å². The van der Waals surface area contributed by atoms with Gasteiger partial charge in [0.2, 0.25) is 0 Å². The van der Waals surface area contributed by atoms with Gasteiger partial charge in [0.1, 0.15) is 5.76 Å². The molecule has 2 aromatic rings. The predicted octanol–water partition coefficient (Wildman–Crippen LogP) is 2.72. The van der Waals surface area contributed by atoms with Gasteiger partial charge in [0.15, 0.2) is 18.1 Å². The van der Waals surface area contributed by atoms with Crippen LogP contribution in [0.4, 0.5) is 4.39 Å². The molecule has 1 N–H and O–H groups in total. The van der Waals surface area contributed by atoms with Crippen LogP contribution in [-0.2, 0) is 4.74 Å². The van der Waals surface area contributed by atoms with Crippen molar-refractivity contribution in [1.29, 1.82) is 0 Å². The van der Waals surface area contributed by atoms with Crippen LogP contribution in [0, 0.1) is 5.92 Å². The van der Waals surface area contributed by atoms with Gasteiger partial charge in [0, 0.05) is 17.0 Å². The predicted molar refractivity (Wildman–Crippen MR) is 85.4 cm³/mol. The highest BCUT2D eigenvalue weighted by molar-refractivity contribution is 5.54. The van der Waals surface area contributed by atoms with E-state index in [1.165, 1.54) is 12.5 Å². The first-order valence-electron chi connectivity index (χ1n) is 7.71. The van der Waals surface area contributed by atoms with Crippen molar-refractivity contribution in [3.63, 3.8) is 0 Å². The number of ether oxygens (including phenoxy) is 1. The molecule has 3 heterocycles. The van der Waals surface area contributed by atoms with Crippen LogP contribution in [0.1, 0.15) is 26.5 Å². The van der Waals surface area contributed by atoms with Crippen molar-refractivity contribution < 1.29 is 13.5 Å². The molecule has 0 saturated carbocycles. The quantitative estimate of drug-likeness (QED) is 0.517. The summed E-state index contributed by atoms with van der Waals surface area (Å²) in [7, 11) is 0. The van der Waals surface area contributed by atoms with Crippen LogP contribution in [0.3, 0.4) is 0 Å². The summed E-state index contributed by atoms with van der Waals surface area (Å²) < 4.78 is 26.6. The maximum absolute atomic E-state index is 14.8. The number of hydrogen-bond acceptors (Lipinski definition) is 5. The van der Waals surface area contributed by atoms with E-state index in [-0.39, 0.29) is 17.7 Å². The van der Waals surface area contributed by atoms with Gasteiger partial charge < -0.3 is 9.15 Å². The lowest BCUT2D eigenvalue weighted by atomic mass is 9.94. The second kappa shape index (κ2) is 6.23. The van der Waals surface area contributed by atoms with Gasteiger partial charge in [-0.15, -0.1) is 0 Å². The fourth-order valence-corrected chi connectivity index (χ4v) is 3.04. The van der Waals surface area contributed by atoms with Crippen molar-refractivity contribution in [3.05, 3.63) is 55.9 Å². The molecule has 1 aliphatic heterocycles. The van der Waals surface area contributed by atoms with Crippen LogP contribution in [0.15, 0.2) is 43.7 Å². The normalized spacial score (nSPS) is 28.7. The highest BCUT2D eigenvalue weighted by Crippen LogP contribution is 2.45. The van der Waals surface area contributed by atoms with Crippen molar-refractivity contribution in [3.8, 4) is 11.3 Å². The van der Waals surface area contributed by atoms with Crippen molar-refractivity contribution in [2.75, 3.05) is 0 Å². The molecule has 25 heavy (non-hydrogen) atoms. The minimum absolute atomic E-state index is 0.0610. The molecule has 0 spiro atoms. The average molecular weight is 349 g/mol. The Balaban J connectivity index is 2.11. The lowest BCUT2D eigenvalue weighted by Gasteiger charge is -2.25. The van der Waals surface area contributed by atoms with Crippen LogP contribution >= 0.6 is 0 Å².